The van der Waals surface area contributed by atoms with Crippen LogP contribution in [0.15, 0.2) is 47.4 Å². The number of hydrogen-bond acceptors (Lipinski definition) is 6. The highest BCUT2D eigenvalue weighted by atomic mass is 35.5. The number of halogens is 5. The van der Waals surface area contributed by atoms with E-state index in [-0.39, 0.29) is 34.5 Å². The van der Waals surface area contributed by atoms with E-state index in [0.717, 1.165) is 32.2 Å². The van der Waals surface area contributed by atoms with Crippen LogP contribution in [0.5, 0.6) is 5.75 Å². The molecule has 1 amide bonds. The minimum Gasteiger partial charge on any atom is -0.481 e. The second-order valence-corrected chi connectivity index (χ2v) is 12.4. The van der Waals surface area contributed by atoms with Crippen LogP contribution in [0.4, 0.5) is 13.2 Å². The zero-order chi connectivity index (χ0) is 28.0. The molecule has 2 aromatic carbocycles. The Labute approximate surface area is 227 Å². The highest BCUT2D eigenvalue weighted by Gasteiger charge is 2.57. The number of ether oxygens (including phenoxy) is 2. The van der Waals surface area contributed by atoms with E-state index in [0.29, 0.717) is 23.4 Å². The molecule has 13 heteroatoms. The Hall–Kier alpha value is -2.50. The summed E-state index contributed by atoms with van der Waals surface area (Å²) in [5, 5.41) is -1.04. The van der Waals surface area contributed by atoms with Crippen molar-refractivity contribution in [3.8, 4) is 5.75 Å². The van der Waals surface area contributed by atoms with Gasteiger partial charge in [-0.15, -0.1) is 0 Å². The van der Waals surface area contributed by atoms with Gasteiger partial charge < -0.3 is 14.4 Å². The van der Waals surface area contributed by atoms with Gasteiger partial charge in [-0.2, -0.15) is 13.2 Å². The summed E-state index contributed by atoms with van der Waals surface area (Å²) in [6.07, 6.45) is -5.92. The number of methoxy groups -OCH3 is 1. The minimum atomic E-state index is -4.62. The molecular formula is C25H24Cl2F3NO6S. The topological polar surface area (TPSA) is 90.0 Å². The molecule has 0 N–H and O–H groups in total. The number of carbonyl (C=O) groups is 2. The molecule has 4 rings (SSSR count). The number of rotatable bonds is 7. The molecule has 2 fully saturated rings. The fraction of sp³-hybridized carbons (Fsp3) is 0.440. The Morgan fingerprint density at radius 3 is 2.26 bits per heavy atom. The maximum Gasteiger partial charge on any atom is 0.425 e. The first-order chi connectivity index (χ1) is 17.7. The summed E-state index contributed by atoms with van der Waals surface area (Å²) >= 11 is 12.1. The van der Waals surface area contributed by atoms with Gasteiger partial charge in [0.25, 0.3) is 0 Å². The predicted molar refractivity (Wildman–Crippen MR) is 133 cm³/mol. The molecule has 3 atom stereocenters. The Kier molecular flexibility index (Phi) is 7.68. The van der Waals surface area contributed by atoms with Crippen molar-refractivity contribution >= 4 is 44.9 Å². The number of likely N-dealkylation sites (tertiary alicyclic amines) is 1. The molecular weight excluding hydrogens is 570 g/mol. The molecule has 0 bridgehead atoms. The maximum absolute atomic E-state index is 13.7. The van der Waals surface area contributed by atoms with Crippen LogP contribution in [-0.4, -0.2) is 62.4 Å². The standard InChI is InChI=1S/C25H24Cl2F3NO6S/c1-14(25(28,29)30)37-17-7-8-21(19(27)11-17)38(34,35)18-12-20(22(32)36-2)31(13-18)23(33)24(9-10-24)15-3-5-16(26)6-4-15/h3-8,11,14,18,20H,9-10,12-13H2,1-2H3/t14-,18?,20?/m0/s1. The number of sulfone groups is 1. The van der Waals surface area contributed by atoms with Crippen LogP contribution in [0, 0.1) is 0 Å². The monoisotopic (exact) mass is 593 g/mol. The van der Waals surface area contributed by atoms with E-state index in [9.17, 15) is 31.2 Å². The molecule has 1 aliphatic heterocycles. The normalized spacial score (nSPS) is 21.6. The molecule has 1 heterocycles. The summed E-state index contributed by atoms with van der Waals surface area (Å²) in [7, 11) is -3.06. The fourth-order valence-electron chi connectivity index (χ4n) is 4.64. The van der Waals surface area contributed by atoms with E-state index < -0.39 is 44.8 Å². The lowest BCUT2D eigenvalue weighted by molar-refractivity contribution is -0.189. The summed E-state index contributed by atoms with van der Waals surface area (Å²) < 4.78 is 75.2. The summed E-state index contributed by atoms with van der Waals surface area (Å²) in [6, 6.07) is 8.77. The second kappa shape index (κ2) is 10.2. The van der Waals surface area contributed by atoms with Crippen molar-refractivity contribution < 1.29 is 40.7 Å². The number of benzene rings is 2. The van der Waals surface area contributed by atoms with Crippen molar-refractivity contribution in [3.05, 3.63) is 58.1 Å². The molecule has 206 valence electrons. The fourth-order valence-corrected chi connectivity index (χ4v) is 7.00. The largest absolute Gasteiger partial charge is 0.481 e. The Balaban J connectivity index is 1.60. The molecule has 0 aromatic heterocycles. The van der Waals surface area contributed by atoms with Crippen molar-refractivity contribution in [1.29, 1.82) is 0 Å². The zero-order valence-electron chi connectivity index (χ0n) is 20.3. The molecule has 0 radical (unpaired) electrons. The van der Waals surface area contributed by atoms with Gasteiger partial charge in [0.05, 0.1) is 27.7 Å². The third-order valence-electron chi connectivity index (χ3n) is 6.98. The van der Waals surface area contributed by atoms with Crippen LogP contribution >= 0.6 is 23.2 Å². The first-order valence-electron chi connectivity index (χ1n) is 11.6. The number of alkyl halides is 3. The number of hydrogen-bond donors (Lipinski definition) is 0. The van der Waals surface area contributed by atoms with Gasteiger partial charge in [-0.3, -0.25) is 4.79 Å². The van der Waals surface area contributed by atoms with Gasteiger partial charge in [-0.05, 0) is 56.0 Å². The third kappa shape index (κ3) is 5.33. The summed E-state index contributed by atoms with van der Waals surface area (Å²) in [5.41, 5.74) is -0.171. The molecule has 1 aliphatic carbocycles. The van der Waals surface area contributed by atoms with Gasteiger partial charge >= 0.3 is 12.1 Å². The zero-order valence-corrected chi connectivity index (χ0v) is 22.6. The van der Waals surface area contributed by atoms with Crippen LogP contribution in [0.25, 0.3) is 0 Å². The van der Waals surface area contributed by atoms with Crippen LogP contribution in [0.1, 0.15) is 31.7 Å². The lowest BCUT2D eigenvalue weighted by atomic mass is 9.94. The number of nitrogens with zero attached hydrogens (tertiary/aromatic N) is 1. The van der Waals surface area contributed by atoms with Crippen molar-refractivity contribution in [2.45, 2.75) is 60.1 Å². The smallest absolute Gasteiger partial charge is 0.425 e. The highest BCUT2D eigenvalue weighted by molar-refractivity contribution is 7.92. The minimum absolute atomic E-state index is 0.225. The molecule has 2 aliphatic rings. The van der Waals surface area contributed by atoms with Crippen molar-refractivity contribution in [2.24, 2.45) is 0 Å². The molecule has 1 saturated carbocycles. The highest BCUT2D eigenvalue weighted by Crippen LogP contribution is 2.51. The average molecular weight is 594 g/mol. The average Bonchev–Trinajstić information content (AvgIpc) is 3.53. The molecule has 7 nitrogen and oxygen atoms in total. The number of amides is 1. The predicted octanol–water partition coefficient (Wildman–Crippen LogP) is 4.97. The summed E-state index contributed by atoms with van der Waals surface area (Å²) in [4.78, 5) is 27.2. The van der Waals surface area contributed by atoms with E-state index in [1.165, 1.54) is 4.90 Å². The Bertz CT molecular complexity index is 1350. The maximum atomic E-state index is 13.7. The van der Waals surface area contributed by atoms with Crippen molar-refractivity contribution in [1.82, 2.24) is 4.90 Å². The van der Waals surface area contributed by atoms with Gasteiger partial charge in [0.1, 0.15) is 11.8 Å². The van der Waals surface area contributed by atoms with Gasteiger partial charge in [-0.1, -0.05) is 35.3 Å². The van der Waals surface area contributed by atoms with Gasteiger partial charge in [0.2, 0.25) is 5.91 Å². The number of carbonyl (C=O) groups excluding carboxylic acids is 2. The van der Waals surface area contributed by atoms with E-state index in [2.05, 4.69) is 0 Å². The lowest BCUT2D eigenvalue weighted by Gasteiger charge is -2.27. The first kappa shape index (κ1) is 28.5. The molecule has 1 saturated heterocycles. The number of esters is 1. The molecule has 2 aromatic rings. The lowest BCUT2D eigenvalue weighted by Crippen LogP contribution is -2.46. The molecule has 0 spiro atoms. The van der Waals surface area contributed by atoms with Crippen LogP contribution in [0.3, 0.4) is 0 Å². The second-order valence-electron chi connectivity index (χ2n) is 9.38. The Morgan fingerprint density at radius 1 is 1.11 bits per heavy atom. The Morgan fingerprint density at radius 2 is 1.74 bits per heavy atom. The summed E-state index contributed by atoms with van der Waals surface area (Å²) in [5.74, 6) is -1.39. The van der Waals surface area contributed by atoms with E-state index in [4.69, 9.17) is 32.7 Å². The van der Waals surface area contributed by atoms with Gasteiger partial charge in [0, 0.05) is 17.6 Å². The first-order valence-corrected chi connectivity index (χ1v) is 13.9. The van der Waals surface area contributed by atoms with Gasteiger partial charge in [0.15, 0.2) is 15.9 Å². The van der Waals surface area contributed by atoms with E-state index in [1.807, 2.05) is 0 Å². The van der Waals surface area contributed by atoms with E-state index in [1.54, 1.807) is 24.3 Å². The van der Waals surface area contributed by atoms with Crippen LogP contribution in [-0.2, 0) is 29.6 Å². The molecule has 2 unspecified atom stereocenters. The molecule has 38 heavy (non-hydrogen) atoms. The summed E-state index contributed by atoms with van der Waals surface area (Å²) in [6.45, 7) is 0.530. The quantitative estimate of drug-likeness (QED) is 0.421. The SMILES string of the molecule is COC(=O)C1CC(S(=O)(=O)c2ccc(O[C@@H](C)C(F)(F)F)cc2Cl)CN1C(=O)C1(c2ccc(Cl)cc2)CC1. The van der Waals surface area contributed by atoms with Crippen LogP contribution < -0.4 is 4.74 Å². The van der Waals surface area contributed by atoms with Crippen molar-refractivity contribution in [2.75, 3.05) is 13.7 Å². The third-order valence-corrected chi connectivity index (χ3v) is 9.84. The van der Waals surface area contributed by atoms with Gasteiger partial charge in [-0.25, -0.2) is 13.2 Å². The van der Waals surface area contributed by atoms with Crippen LogP contribution in [0.2, 0.25) is 10.0 Å². The van der Waals surface area contributed by atoms with E-state index >= 15 is 0 Å². The van der Waals surface area contributed by atoms with Crippen molar-refractivity contribution in [3.63, 3.8) is 0 Å².